The predicted molar refractivity (Wildman–Crippen MR) is 101 cm³/mol. The number of carbonyl (C=O) groups excluding carboxylic acids is 1. The number of nitrogens with zero attached hydrogens (tertiary/aromatic N) is 2. The summed E-state index contributed by atoms with van der Waals surface area (Å²) in [4.78, 5) is 17.1. The summed E-state index contributed by atoms with van der Waals surface area (Å²) < 4.78 is 5.40. The molecule has 26 heavy (non-hydrogen) atoms. The normalized spacial score (nSPS) is 12.2. The highest BCUT2D eigenvalue weighted by Crippen LogP contribution is 2.26. The first-order valence-electron chi connectivity index (χ1n) is 8.10. The number of hydrogen-bond acceptors (Lipinski definition) is 4. The molecule has 1 aromatic heterocycles. The quantitative estimate of drug-likeness (QED) is 0.653. The van der Waals surface area contributed by atoms with E-state index in [1.165, 1.54) is 6.07 Å². The Kier molecular flexibility index (Phi) is 5.59. The van der Waals surface area contributed by atoms with E-state index in [2.05, 4.69) is 15.5 Å². The van der Waals surface area contributed by atoms with E-state index in [1.807, 2.05) is 44.2 Å². The van der Waals surface area contributed by atoms with Crippen molar-refractivity contribution in [1.82, 2.24) is 15.5 Å². The van der Waals surface area contributed by atoms with Crippen LogP contribution in [0.1, 0.15) is 36.1 Å². The van der Waals surface area contributed by atoms with E-state index in [0.717, 1.165) is 5.56 Å². The Morgan fingerprint density at radius 3 is 2.50 bits per heavy atom. The maximum Gasteiger partial charge on any atom is 0.253 e. The Labute approximate surface area is 161 Å². The standard InChI is InChI=1S/C19H17Cl2N3O2/c1-11(2)16(22-18(25)14-9-8-13(20)10-15(14)21)19-23-17(24-26-19)12-6-4-3-5-7-12/h3-11,16H,1-2H3,(H,22,25)/t16-/m1/s1. The third-order valence-corrected chi connectivity index (χ3v) is 4.42. The average molecular weight is 390 g/mol. The van der Waals surface area contributed by atoms with Crippen LogP contribution in [0.5, 0.6) is 0 Å². The van der Waals surface area contributed by atoms with Crippen LogP contribution in [-0.2, 0) is 0 Å². The van der Waals surface area contributed by atoms with Gasteiger partial charge in [-0.25, -0.2) is 0 Å². The predicted octanol–water partition coefficient (Wildman–Crippen LogP) is 5.17. The summed E-state index contributed by atoms with van der Waals surface area (Å²) in [5.74, 6) is 0.529. The van der Waals surface area contributed by atoms with Gasteiger partial charge in [-0.15, -0.1) is 0 Å². The highest BCUT2D eigenvalue weighted by Gasteiger charge is 2.26. The number of rotatable bonds is 5. The molecule has 5 nitrogen and oxygen atoms in total. The summed E-state index contributed by atoms with van der Waals surface area (Å²) in [6.07, 6.45) is 0. The highest BCUT2D eigenvalue weighted by atomic mass is 35.5. The van der Waals surface area contributed by atoms with Crippen LogP contribution in [0.2, 0.25) is 10.0 Å². The molecule has 1 N–H and O–H groups in total. The van der Waals surface area contributed by atoms with E-state index >= 15 is 0 Å². The van der Waals surface area contributed by atoms with Gasteiger partial charge in [-0.1, -0.05) is 72.5 Å². The van der Waals surface area contributed by atoms with Crippen molar-refractivity contribution in [3.63, 3.8) is 0 Å². The van der Waals surface area contributed by atoms with Gasteiger partial charge in [0.1, 0.15) is 6.04 Å². The van der Waals surface area contributed by atoms with Crippen molar-refractivity contribution in [2.75, 3.05) is 0 Å². The lowest BCUT2D eigenvalue weighted by Gasteiger charge is -2.19. The topological polar surface area (TPSA) is 68.0 Å². The Morgan fingerprint density at radius 1 is 1.12 bits per heavy atom. The highest BCUT2D eigenvalue weighted by molar-refractivity contribution is 6.36. The van der Waals surface area contributed by atoms with E-state index < -0.39 is 6.04 Å². The summed E-state index contributed by atoms with van der Waals surface area (Å²) in [6.45, 7) is 3.92. The molecular formula is C19H17Cl2N3O2. The van der Waals surface area contributed by atoms with Crippen LogP contribution in [0.3, 0.4) is 0 Å². The molecule has 0 spiro atoms. The van der Waals surface area contributed by atoms with Crippen LogP contribution in [0, 0.1) is 5.92 Å². The molecule has 0 radical (unpaired) electrons. The number of benzene rings is 2. The van der Waals surface area contributed by atoms with Crippen molar-refractivity contribution >= 4 is 29.1 Å². The maximum atomic E-state index is 12.6. The van der Waals surface area contributed by atoms with E-state index in [0.29, 0.717) is 22.3 Å². The Balaban J connectivity index is 1.84. The summed E-state index contributed by atoms with van der Waals surface area (Å²) in [5, 5.41) is 7.68. The minimum Gasteiger partial charge on any atom is -0.340 e. The number of amides is 1. The van der Waals surface area contributed by atoms with Crippen LogP contribution in [0.4, 0.5) is 0 Å². The second-order valence-electron chi connectivity index (χ2n) is 6.14. The first kappa shape index (κ1) is 18.4. The molecule has 134 valence electrons. The molecule has 2 aromatic carbocycles. The Bertz CT molecular complexity index is 910. The van der Waals surface area contributed by atoms with E-state index in [1.54, 1.807) is 12.1 Å². The molecule has 0 saturated heterocycles. The third kappa shape index (κ3) is 4.06. The summed E-state index contributed by atoms with van der Waals surface area (Å²) >= 11 is 12.0. The third-order valence-electron chi connectivity index (χ3n) is 3.87. The monoisotopic (exact) mass is 389 g/mol. The number of halogens is 2. The van der Waals surface area contributed by atoms with Gasteiger partial charge >= 0.3 is 0 Å². The summed E-state index contributed by atoms with van der Waals surface area (Å²) in [7, 11) is 0. The fourth-order valence-corrected chi connectivity index (χ4v) is 2.97. The lowest BCUT2D eigenvalue weighted by atomic mass is 10.0. The van der Waals surface area contributed by atoms with Gasteiger partial charge in [0.15, 0.2) is 0 Å². The largest absolute Gasteiger partial charge is 0.340 e. The van der Waals surface area contributed by atoms with Gasteiger partial charge in [0.2, 0.25) is 11.7 Å². The van der Waals surface area contributed by atoms with Crippen LogP contribution in [0.25, 0.3) is 11.4 Å². The van der Waals surface area contributed by atoms with Crippen LogP contribution >= 0.6 is 23.2 Å². The lowest BCUT2D eigenvalue weighted by Crippen LogP contribution is -2.32. The lowest BCUT2D eigenvalue weighted by molar-refractivity contribution is 0.0914. The second kappa shape index (κ2) is 7.89. The van der Waals surface area contributed by atoms with Gasteiger partial charge in [-0.2, -0.15) is 4.98 Å². The van der Waals surface area contributed by atoms with Crippen molar-refractivity contribution in [2.24, 2.45) is 5.92 Å². The molecule has 1 heterocycles. The molecule has 0 fully saturated rings. The molecule has 1 amide bonds. The minimum atomic E-state index is -0.445. The van der Waals surface area contributed by atoms with Crippen molar-refractivity contribution < 1.29 is 9.32 Å². The smallest absolute Gasteiger partial charge is 0.253 e. The SMILES string of the molecule is CC(C)[C@@H](NC(=O)c1ccc(Cl)cc1Cl)c1nc(-c2ccccc2)no1. The number of carbonyl (C=O) groups is 1. The van der Waals surface area contributed by atoms with Gasteiger partial charge < -0.3 is 9.84 Å². The van der Waals surface area contributed by atoms with Crippen molar-refractivity contribution in [1.29, 1.82) is 0 Å². The first-order chi connectivity index (χ1) is 12.5. The minimum absolute atomic E-state index is 0.0362. The Hall–Kier alpha value is -2.37. The number of aromatic nitrogens is 2. The summed E-state index contributed by atoms with van der Waals surface area (Å²) in [6, 6.07) is 13.8. The maximum absolute atomic E-state index is 12.6. The van der Waals surface area contributed by atoms with Crippen molar-refractivity contribution in [2.45, 2.75) is 19.9 Å². The Morgan fingerprint density at radius 2 is 1.85 bits per heavy atom. The zero-order chi connectivity index (χ0) is 18.7. The zero-order valence-corrected chi connectivity index (χ0v) is 15.8. The summed E-state index contributed by atoms with van der Waals surface area (Å²) in [5.41, 5.74) is 1.18. The molecule has 0 aliphatic carbocycles. The molecule has 0 saturated carbocycles. The number of nitrogens with one attached hydrogen (secondary N) is 1. The van der Waals surface area contributed by atoms with Gasteiger partial charge in [0, 0.05) is 10.6 Å². The van der Waals surface area contributed by atoms with Crippen molar-refractivity contribution in [3.8, 4) is 11.4 Å². The zero-order valence-electron chi connectivity index (χ0n) is 14.2. The molecule has 7 heteroatoms. The molecule has 0 unspecified atom stereocenters. The molecule has 3 aromatic rings. The molecule has 0 aliphatic heterocycles. The van der Waals surface area contributed by atoms with Crippen LogP contribution < -0.4 is 5.32 Å². The van der Waals surface area contributed by atoms with Crippen molar-refractivity contribution in [3.05, 3.63) is 70.0 Å². The van der Waals surface area contributed by atoms with Crippen LogP contribution in [0.15, 0.2) is 53.1 Å². The molecular weight excluding hydrogens is 373 g/mol. The molecule has 3 rings (SSSR count). The average Bonchev–Trinajstić information content (AvgIpc) is 3.09. The van der Waals surface area contributed by atoms with E-state index in [-0.39, 0.29) is 16.8 Å². The van der Waals surface area contributed by atoms with Crippen LogP contribution in [-0.4, -0.2) is 16.0 Å². The van der Waals surface area contributed by atoms with Gasteiger partial charge in [-0.05, 0) is 24.1 Å². The van der Waals surface area contributed by atoms with Gasteiger partial charge in [0.05, 0.1) is 10.6 Å². The molecule has 1 atom stereocenters. The van der Waals surface area contributed by atoms with E-state index in [9.17, 15) is 4.79 Å². The van der Waals surface area contributed by atoms with Gasteiger partial charge in [-0.3, -0.25) is 4.79 Å². The fourth-order valence-electron chi connectivity index (χ4n) is 2.47. The van der Waals surface area contributed by atoms with E-state index in [4.69, 9.17) is 27.7 Å². The number of hydrogen-bond donors (Lipinski definition) is 1. The fraction of sp³-hybridized carbons (Fsp3) is 0.211. The molecule has 0 bridgehead atoms. The first-order valence-corrected chi connectivity index (χ1v) is 8.86. The van der Waals surface area contributed by atoms with Gasteiger partial charge in [0.25, 0.3) is 5.91 Å². The molecule has 0 aliphatic rings. The second-order valence-corrected chi connectivity index (χ2v) is 6.99.